The van der Waals surface area contributed by atoms with E-state index in [1.165, 1.54) is 0 Å². The maximum atomic E-state index is 11.5. The molecule has 0 fully saturated rings. The summed E-state index contributed by atoms with van der Waals surface area (Å²) in [4.78, 5) is 15.8. The fourth-order valence-corrected chi connectivity index (χ4v) is 2.36. The number of aromatic nitrogens is 3. The van der Waals surface area contributed by atoms with E-state index in [9.17, 15) is 4.79 Å². The minimum absolute atomic E-state index is 0.201. The van der Waals surface area contributed by atoms with Crippen molar-refractivity contribution >= 4 is 17.6 Å². The van der Waals surface area contributed by atoms with Crippen LogP contribution in [0.4, 0.5) is 4.79 Å². The Labute approximate surface area is 134 Å². The van der Waals surface area contributed by atoms with E-state index >= 15 is 0 Å². The van der Waals surface area contributed by atoms with Gasteiger partial charge in [0.15, 0.2) is 5.82 Å². The molecule has 0 saturated heterocycles. The third-order valence-electron chi connectivity index (χ3n) is 3.35. The summed E-state index contributed by atoms with van der Waals surface area (Å²) in [6.45, 7) is 4.99. The Bertz CT molecular complexity index is 626. The van der Waals surface area contributed by atoms with Gasteiger partial charge in [0.1, 0.15) is 0 Å². The van der Waals surface area contributed by atoms with Gasteiger partial charge in [-0.3, -0.25) is 0 Å². The van der Waals surface area contributed by atoms with Gasteiger partial charge < -0.3 is 10.6 Å². The predicted molar refractivity (Wildman–Crippen MR) is 86.7 cm³/mol. The molecule has 0 aliphatic carbocycles. The van der Waals surface area contributed by atoms with Crippen LogP contribution in [0, 0.1) is 13.8 Å². The van der Waals surface area contributed by atoms with Crippen molar-refractivity contribution in [3.63, 3.8) is 0 Å². The summed E-state index contributed by atoms with van der Waals surface area (Å²) < 4.78 is 1.83. The number of amides is 2. The van der Waals surface area contributed by atoms with Crippen molar-refractivity contribution in [3.8, 4) is 5.82 Å². The van der Waals surface area contributed by atoms with Gasteiger partial charge in [0.25, 0.3) is 0 Å². The largest absolute Gasteiger partial charge is 0.338 e. The number of urea groups is 1. The molecule has 22 heavy (non-hydrogen) atoms. The summed E-state index contributed by atoms with van der Waals surface area (Å²) >= 11 is 5.52. The van der Waals surface area contributed by atoms with Crippen LogP contribution in [0.25, 0.3) is 5.82 Å². The molecule has 0 bridgehead atoms. The molecule has 2 heterocycles. The van der Waals surface area contributed by atoms with Crippen molar-refractivity contribution in [1.29, 1.82) is 0 Å². The zero-order valence-electron chi connectivity index (χ0n) is 12.8. The number of nitrogens with one attached hydrogen (secondary N) is 2. The van der Waals surface area contributed by atoms with Crippen LogP contribution in [-0.2, 0) is 6.42 Å². The number of alkyl halides is 1. The molecule has 0 aromatic carbocycles. The monoisotopic (exact) mass is 321 g/mol. The number of nitrogens with zero attached hydrogens (tertiary/aromatic N) is 3. The molecule has 0 aliphatic rings. The number of hydrogen-bond donors (Lipinski definition) is 2. The second-order valence-electron chi connectivity index (χ2n) is 4.87. The molecule has 118 valence electrons. The van der Waals surface area contributed by atoms with Crippen molar-refractivity contribution in [2.45, 2.75) is 20.3 Å². The van der Waals surface area contributed by atoms with Gasteiger partial charge in [0.2, 0.25) is 0 Å². The highest BCUT2D eigenvalue weighted by molar-refractivity contribution is 6.18. The van der Waals surface area contributed by atoms with E-state index in [1.807, 2.05) is 36.7 Å². The predicted octanol–water partition coefficient (Wildman–Crippen LogP) is 1.96. The first-order valence-electron chi connectivity index (χ1n) is 7.17. The molecule has 0 radical (unpaired) electrons. The Hall–Kier alpha value is -2.08. The molecule has 0 spiro atoms. The number of hydrogen-bond acceptors (Lipinski definition) is 3. The van der Waals surface area contributed by atoms with E-state index in [4.69, 9.17) is 11.6 Å². The van der Waals surface area contributed by atoms with Crippen LogP contribution in [0.5, 0.6) is 0 Å². The van der Waals surface area contributed by atoms with Gasteiger partial charge in [0, 0.05) is 30.9 Å². The Balaban J connectivity index is 2.01. The smallest absolute Gasteiger partial charge is 0.314 e. The van der Waals surface area contributed by atoms with Crippen LogP contribution in [-0.4, -0.2) is 39.8 Å². The lowest BCUT2D eigenvalue weighted by Crippen LogP contribution is -2.37. The second kappa shape index (κ2) is 7.79. The Morgan fingerprint density at radius 1 is 1.27 bits per heavy atom. The summed E-state index contributed by atoms with van der Waals surface area (Å²) in [5.74, 6) is 1.20. The van der Waals surface area contributed by atoms with E-state index < -0.39 is 0 Å². The zero-order chi connectivity index (χ0) is 15.9. The maximum Gasteiger partial charge on any atom is 0.314 e. The van der Waals surface area contributed by atoms with Gasteiger partial charge in [-0.25, -0.2) is 14.5 Å². The van der Waals surface area contributed by atoms with Gasteiger partial charge in [-0.05, 0) is 38.0 Å². The molecule has 0 aliphatic heterocycles. The maximum absolute atomic E-state index is 11.5. The molecule has 0 saturated carbocycles. The average molecular weight is 322 g/mol. The summed E-state index contributed by atoms with van der Waals surface area (Å²) in [5.41, 5.74) is 3.12. The number of carbonyl (C=O) groups excluding carboxylic acids is 1. The van der Waals surface area contributed by atoms with Crippen molar-refractivity contribution < 1.29 is 4.79 Å². The highest BCUT2D eigenvalue weighted by Gasteiger charge is 2.13. The number of carbonyl (C=O) groups is 1. The molecule has 6 nitrogen and oxygen atoms in total. The molecule has 2 aromatic heterocycles. The minimum atomic E-state index is -0.201. The summed E-state index contributed by atoms with van der Waals surface area (Å²) in [5, 5.41) is 10.0. The van der Waals surface area contributed by atoms with Crippen molar-refractivity contribution in [2.75, 3.05) is 19.0 Å². The highest BCUT2D eigenvalue weighted by atomic mass is 35.5. The minimum Gasteiger partial charge on any atom is -0.338 e. The van der Waals surface area contributed by atoms with E-state index in [0.717, 1.165) is 29.2 Å². The van der Waals surface area contributed by atoms with Crippen LogP contribution < -0.4 is 10.6 Å². The van der Waals surface area contributed by atoms with E-state index in [-0.39, 0.29) is 6.03 Å². The highest BCUT2D eigenvalue weighted by Crippen LogP contribution is 2.16. The molecule has 2 rings (SSSR count). The lowest BCUT2D eigenvalue weighted by molar-refractivity contribution is 0.241. The molecular weight excluding hydrogens is 302 g/mol. The first kappa shape index (κ1) is 16.3. The SMILES string of the molecule is Cc1nn(-c2ccccn2)c(C)c1CCNC(=O)NCCCl. The van der Waals surface area contributed by atoms with E-state index in [1.54, 1.807) is 6.20 Å². The molecule has 0 unspecified atom stereocenters. The zero-order valence-corrected chi connectivity index (χ0v) is 13.5. The van der Waals surface area contributed by atoms with Crippen LogP contribution in [0.3, 0.4) is 0 Å². The Morgan fingerprint density at radius 2 is 2.05 bits per heavy atom. The quantitative estimate of drug-likeness (QED) is 0.799. The van der Waals surface area contributed by atoms with Crippen molar-refractivity contribution in [2.24, 2.45) is 0 Å². The molecule has 2 aromatic rings. The van der Waals surface area contributed by atoms with Crippen LogP contribution in [0.1, 0.15) is 17.0 Å². The third-order valence-corrected chi connectivity index (χ3v) is 3.54. The number of pyridine rings is 1. The van der Waals surface area contributed by atoms with Gasteiger partial charge in [-0.2, -0.15) is 5.10 Å². The van der Waals surface area contributed by atoms with Gasteiger partial charge >= 0.3 is 6.03 Å². The number of aryl methyl sites for hydroxylation is 1. The molecular formula is C15H20ClN5O. The first-order chi connectivity index (χ1) is 10.6. The lowest BCUT2D eigenvalue weighted by atomic mass is 10.1. The fraction of sp³-hybridized carbons (Fsp3) is 0.400. The second-order valence-corrected chi connectivity index (χ2v) is 5.25. The van der Waals surface area contributed by atoms with E-state index in [2.05, 4.69) is 20.7 Å². The standard InChI is InChI=1S/C15H20ClN5O/c1-11-13(6-9-18-15(22)19-10-7-16)12(2)21(20-11)14-5-3-4-8-17-14/h3-5,8H,6-7,9-10H2,1-2H3,(H2,18,19,22). The van der Waals surface area contributed by atoms with Crippen LogP contribution >= 0.6 is 11.6 Å². The lowest BCUT2D eigenvalue weighted by Gasteiger charge is -2.07. The van der Waals surface area contributed by atoms with Crippen LogP contribution in [0.2, 0.25) is 0 Å². The topological polar surface area (TPSA) is 71.8 Å². The summed E-state index contributed by atoms with van der Waals surface area (Å²) in [7, 11) is 0. The van der Waals surface area contributed by atoms with Crippen LogP contribution in [0.15, 0.2) is 24.4 Å². The van der Waals surface area contributed by atoms with Crippen molar-refractivity contribution in [1.82, 2.24) is 25.4 Å². The molecule has 2 N–H and O–H groups in total. The number of rotatable bonds is 6. The fourth-order valence-electron chi connectivity index (χ4n) is 2.26. The summed E-state index contributed by atoms with van der Waals surface area (Å²) in [6, 6.07) is 5.52. The normalized spacial score (nSPS) is 10.5. The average Bonchev–Trinajstić information content (AvgIpc) is 2.81. The first-order valence-corrected chi connectivity index (χ1v) is 7.71. The van der Waals surface area contributed by atoms with Gasteiger partial charge in [-0.15, -0.1) is 11.6 Å². The Kier molecular flexibility index (Phi) is 5.77. The Morgan fingerprint density at radius 3 is 2.73 bits per heavy atom. The van der Waals surface area contributed by atoms with Gasteiger partial charge in [-0.1, -0.05) is 6.07 Å². The van der Waals surface area contributed by atoms with E-state index in [0.29, 0.717) is 19.0 Å². The summed E-state index contributed by atoms with van der Waals surface area (Å²) in [6.07, 6.45) is 2.47. The third kappa shape index (κ3) is 3.98. The van der Waals surface area contributed by atoms with Gasteiger partial charge in [0.05, 0.1) is 5.69 Å². The van der Waals surface area contributed by atoms with Crippen molar-refractivity contribution in [3.05, 3.63) is 41.3 Å². The molecule has 2 amide bonds. The molecule has 7 heteroatoms. The molecule has 0 atom stereocenters. The number of halogens is 1.